The Hall–Kier alpha value is -1.79. The van der Waals surface area contributed by atoms with Crippen LogP contribution in [0.2, 0.25) is 0 Å². The van der Waals surface area contributed by atoms with E-state index in [1.165, 1.54) is 0 Å². The second kappa shape index (κ2) is 5.94. The lowest BCUT2D eigenvalue weighted by atomic mass is 10.1. The zero-order chi connectivity index (χ0) is 12.0. The highest BCUT2D eigenvalue weighted by molar-refractivity contribution is 5.78. The molecule has 1 N–H and O–H groups in total. The fraction of sp³-hybridized carbons (Fsp3) is 0.308. The van der Waals surface area contributed by atoms with Crippen LogP contribution < -0.4 is 0 Å². The Morgan fingerprint density at radius 1 is 1.44 bits per heavy atom. The molecule has 0 aliphatic rings. The molecule has 3 nitrogen and oxygen atoms in total. The first kappa shape index (κ1) is 12.3. The van der Waals surface area contributed by atoms with Crippen LogP contribution in [0.15, 0.2) is 24.3 Å². The van der Waals surface area contributed by atoms with Gasteiger partial charge in [0.1, 0.15) is 0 Å². The highest BCUT2D eigenvalue weighted by atomic mass is 16.5. The van der Waals surface area contributed by atoms with Gasteiger partial charge in [0, 0.05) is 5.56 Å². The van der Waals surface area contributed by atoms with E-state index < -0.39 is 12.1 Å². The van der Waals surface area contributed by atoms with Gasteiger partial charge in [-0.15, -0.1) is 0 Å². The van der Waals surface area contributed by atoms with E-state index >= 15 is 0 Å². The number of ether oxygens (including phenoxy) is 1. The molecule has 0 saturated carbocycles. The van der Waals surface area contributed by atoms with Gasteiger partial charge in [-0.1, -0.05) is 29.5 Å². The van der Waals surface area contributed by atoms with Crippen molar-refractivity contribution in [3.63, 3.8) is 0 Å². The summed E-state index contributed by atoms with van der Waals surface area (Å²) < 4.78 is 4.62. The van der Waals surface area contributed by atoms with Gasteiger partial charge in [0.05, 0.1) is 6.61 Å². The van der Waals surface area contributed by atoms with Crippen molar-refractivity contribution >= 4 is 5.97 Å². The summed E-state index contributed by atoms with van der Waals surface area (Å²) in [4.78, 5) is 11.0. The lowest BCUT2D eigenvalue weighted by molar-refractivity contribution is -0.149. The Balaban J connectivity index is 2.66. The number of benzene rings is 1. The van der Waals surface area contributed by atoms with Crippen molar-refractivity contribution in [1.29, 1.82) is 0 Å². The fourth-order valence-electron chi connectivity index (χ4n) is 1.07. The van der Waals surface area contributed by atoms with Crippen molar-refractivity contribution in [3.8, 4) is 11.8 Å². The summed E-state index contributed by atoms with van der Waals surface area (Å²) >= 11 is 0. The molecule has 0 aliphatic carbocycles. The second-order valence-corrected chi connectivity index (χ2v) is 3.29. The van der Waals surface area contributed by atoms with Crippen molar-refractivity contribution in [3.05, 3.63) is 35.4 Å². The van der Waals surface area contributed by atoms with E-state index in [0.29, 0.717) is 0 Å². The molecule has 0 bridgehead atoms. The average Bonchev–Trinajstić information content (AvgIpc) is 2.28. The number of aliphatic hydroxyl groups excluding tert-OH is 1. The molecule has 84 valence electrons. The number of esters is 1. The number of carbonyl (C=O) groups excluding carboxylic acids is 1. The van der Waals surface area contributed by atoms with Gasteiger partial charge in [0.15, 0.2) is 0 Å². The van der Waals surface area contributed by atoms with E-state index in [1.807, 2.05) is 31.2 Å². The van der Waals surface area contributed by atoms with Crippen LogP contribution in [0, 0.1) is 18.8 Å². The predicted octanol–water partition coefficient (Wildman–Crippen LogP) is 1.27. The normalized spacial score (nSPS) is 11.2. The third-order valence-corrected chi connectivity index (χ3v) is 1.91. The van der Waals surface area contributed by atoms with Crippen molar-refractivity contribution in [2.75, 3.05) is 6.61 Å². The number of rotatable bonds is 2. The van der Waals surface area contributed by atoms with Gasteiger partial charge in [-0.3, -0.25) is 0 Å². The standard InChI is InChI=1S/C13H14O3/c1-3-16-13(15)12(14)9-8-11-6-4-10(2)5-7-11/h4-7,12,14H,3H2,1-2H3/t12-/m0/s1. The van der Waals surface area contributed by atoms with E-state index in [9.17, 15) is 9.90 Å². The SMILES string of the molecule is CCOC(=O)[C@@H](O)C#Cc1ccc(C)cc1. The summed E-state index contributed by atoms with van der Waals surface area (Å²) in [5, 5.41) is 9.32. The highest BCUT2D eigenvalue weighted by Gasteiger charge is 2.11. The number of hydrogen-bond acceptors (Lipinski definition) is 3. The van der Waals surface area contributed by atoms with E-state index in [2.05, 4.69) is 16.6 Å². The molecule has 0 heterocycles. The van der Waals surface area contributed by atoms with Crippen molar-refractivity contribution < 1.29 is 14.6 Å². The van der Waals surface area contributed by atoms with Gasteiger partial charge in [0.2, 0.25) is 6.10 Å². The molecule has 0 aliphatic heterocycles. The first-order valence-corrected chi connectivity index (χ1v) is 5.06. The Kier molecular flexibility index (Phi) is 4.56. The van der Waals surface area contributed by atoms with Crippen LogP contribution in [0.1, 0.15) is 18.1 Å². The minimum absolute atomic E-state index is 0.238. The van der Waals surface area contributed by atoms with Gasteiger partial charge in [0.25, 0.3) is 0 Å². The molecular formula is C13H14O3. The monoisotopic (exact) mass is 218 g/mol. The fourth-order valence-corrected chi connectivity index (χ4v) is 1.07. The van der Waals surface area contributed by atoms with Crippen LogP contribution in [0.3, 0.4) is 0 Å². The van der Waals surface area contributed by atoms with Crippen molar-refractivity contribution in [2.45, 2.75) is 20.0 Å². The highest BCUT2D eigenvalue weighted by Crippen LogP contribution is 2.01. The predicted molar refractivity (Wildman–Crippen MR) is 60.7 cm³/mol. The van der Waals surface area contributed by atoms with Gasteiger partial charge in [-0.05, 0) is 26.0 Å². The number of aliphatic hydroxyl groups is 1. The topological polar surface area (TPSA) is 46.5 Å². The zero-order valence-corrected chi connectivity index (χ0v) is 9.36. The molecule has 3 heteroatoms. The maximum atomic E-state index is 11.0. The Bertz CT molecular complexity index is 409. The Labute approximate surface area is 95.1 Å². The largest absolute Gasteiger partial charge is 0.463 e. The van der Waals surface area contributed by atoms with Gasteiger partial charge in [-0.2, -0.15) is 0 Å². The first-order chi connectivity index (χ1) is 7.63. The summed E-state index contributed by atoms with van der Waals surface area (Å²) in [5.41, 5.74) is 1.89. The quantitative estimate of drug-likeness (QED) is 0.600. The molecule has 1 aromatic carbocycles. The smallest absolute Gasteiger partial charge is 0.347 e. The van der Waals surface area contributed by atoms with Crippen LogP contribution >= 0.6 is 0 Å². The molecule has 1 aromatic rings. The van der Waals surface area contributed by atoms with E-state index in [1.54, 1.807) is 6.92 Å². The van der Waals surface area contributed by atoms with E-state index in [4.69, 9.17) is 0 Å². The van der Waals surface area contributed by atoms with E-state index in [0.717, 1.165) is 11.1 Å². The lowest BCUT2D eigenvalue weighted by Gasteiger charge is -2.01. The summed E-state index contributed by atoms with van der Waals surface area (Å²) in [6.07, 6.45) is -1.37. The maximum absolute atomic E-state index is 11.0. The molecule has 0 amide bonds. The van der Waals surface area contributed by atoms with Crippen molar-refractivity contribution in [1.82, 2.24) is 0 Å². The van der Waals surface area contributed by atoms with Crippen LogP contribution in [0.4, 0.5) is 0 Å². The van der Waals surface area contributed by atoms with Gasteiger partial charge in [-0.25, -0.2) is 4.79 Å². The molecule has 1 atom stereocenters. The molecule has 0 unspecified atom stereocenters. The Morgan fingerprint density at radius 2 is 2.06 bits per heavy atom. The number of carbonyl (C=O) groups is 1. The lowest BCUT2D eigenvalue weighted by Crippen LogP contribution is -2.21. The third kappa shape index (κ3) is 3.76. The van der Waals surface area contributed by atoms with Crippen LogP contribution in [-0.4, -0.2) is 23.8 Å². The maximum Gasteiger partial charge on any atom is 0.347 e. The summed E-state index contributed by atoms with van der Waals surface area (Å²) in [6, 6.07) is 7.50. The van der Waals surface area contributed by atoms with Crippen molar-refractivity contribution in [2.24, 2.45) is 0 Å². The van der Waals surface area contributed by atoms with Crippen LogP contribution in [-0.2, 0) is 9.53 Å². The van der Waals surface area contributed by atoms with Gasteiger partial charge >= 0.3 is 5.97 Å². The minimum atomic E-state index is -1.37. The summed E-state index contributed by atoms with van der Waals surface area (Å²) in [7, 11) is 0. The number of aryl methyl sites for hydroxylation is 1. The zero-order valence-electron chi connectivity index (χ0n) is 9.36. The number of hydrogen-bond donors (Lipinski definition) is 1. The van der Waals surface area contributed by atoms with Gasteiger partial charge < -0.3 is 9.84 Å². The molecule has 1 rings (SSSR count). The molecule has 0 fully saturated rings. The Morgan fingerprint density at radius 3 is 2.62 bits per heavy atom. The first-order valence-electron chi connectivity index (χ1n) is 5.06. The molecular weight excluding hydrogens is 204 g/mol. The average molecular weight is 218 g/mol. The van der Waals surface area contributed by atoms with Crippen LogP contribution in [0.5, 0.6) is 0 Å². The molecule has 16 heavy (non-hydrogen) atoms. The molecule has 0 spiro atoms. The second-order valence-electron chi connectivity index (χ2n) is 3.29. The molecule has 0 aromatic heterocycles. The molecule has 0 saturated heterocycles. The third-order valence-electron chi connectivity index (χ3n) is 1.91. The van der Waals surface area contributed by atoms with E-state index in [-0.39, 0.29) is 6.61 Å². The molecule has 0 radical (unpaired) electrons. The van der Waals surface area contributed by atoms with Crippen LogP contribution in [0.25, 0.3) is 0 Å². The summed E-state index contributed by atoms with van der Waals surface area (Å²) in [6.45, 7) is 3.89. The summed E-state index contributed by atoms with van der Waals surface area (Å²) in [5.74, 6) is 4.44. The minimum Gasteiger partial charge on any atom is -0.463 e.